The summed E-state index contributed by atoms with van der Waals surface area (Å²) >= 11 is 0. The molecule has 2 aliphatic rings. The van der Waals surface area contributed by atoms with Crippen LogP contribution in [-0.2, 0) is 9.59 Å². The minimum atomic E-state index is -1.01. The van der Waals surface area contributed by atoms with E-state index in [0.29, 0.717) is 5.57 Å². The second-order valence-corrected chi connectivity index (χ2v) is 5.41. The van der Waals surface area contributed by atoms with Crippen molar-refractivity contribution < 1.29 is 14.7 Å². The van der Waals surface area contributed by atoms with Gasteiger partial charge in [0.25, 0.3) is 0 Å². The number of Topliss-reactive ketones (excluding diaryl/α,β-unsaturated/α-hetero) is 1. The molecule has 3 heteroatoms. The predicted octanol–water partition coefficient (Wildman–Crippen LogP) is 2.02. The van der Waals surface area contributed by atoms with E-state index in [-0.39, 0.29) is 22.5 Å². The van der Waals surface area contributed by atoms with Gasteiger partial charge in [-0.05, 0) is 24.2 Å². The lowest BCUT2D eigenvalue weighted by Gasteiger charge is -2.31. The van der Waals surface area contributed by atoms with Crippen LogP contribution in [-0.4, -0.2) is 16.9 Å². The van der Waals surface area contributed by atoms with Gasteiger partial charge in [-0.2, -0.15) is 0 Å². The number of rotatable bonds is 1. The predicted molar refractivity (Wildman–Crippen MR) is 55.3 cm³/mol. The Morgan fingerprint density at radius 3 is 2.47 bits per heavy atom. The monoisotopic (exact) mass is 208 g/mol. The Labute approximate surface area is 89.2 Å². The number of carbonyl (C=O) groups is 2. The molecule has 0 radical (unpaired) electrons. The topological polar surface area (TPSA) is 54.4 Å². The van der Waals surface area contributed by atoms with Crippen molar-refractivity contribution in [2.24, 2.45) is 16.7 Å². The molecule has 2 fully saturated rings. The van der Waals surface area contributed by atoms with Gasteiger partial charge >= 0.3 is 5.97 Å². The molecular weight excluding hydrogens is 192 g/mol. The molecule has 1 N–H and O–H groups in total. The van der Waals surface area contributed by atoms with Gasteiger partial charge in [0, 0.05) is 17.1 Å². The SMILES string of the molecule is CC1(C)[C@@H]2CC[C@@]1(C)C(=O)/C2=C/C(=O)O. The number of carboxylic acids is 1. The Bertz CT molecular complexity index is 378. The third-order valence-electron chi connectivity index (χ3n) is 4.64. The number of aliphatic carboxylic acids is 1. The third kappa shape index (κ3) is 1.06. The maximum Gasteiger partial charge on any atom is 0.328 e. The van der Waals surface area contributed by atoms with Crippen molar-refractivity contribution in [1.82, 2.24) is 0 Å². The Morgan fingerprint density at radius 2 is 2.07 bits per heavy atom. The number of carboxylic acid groups (broad SMARTS) is 1. The van der Waals surface area contributed by atoms with Gasteiger partial charge in [0.2, 0.25) is 0 Å². The van der Waals surface area contributed by atoms with E-state index >= 15 is 0 Å². The quantitative estimate of drug-likeness (QED) is 0.671. The Balaban J connectivity index is 2.52. The van der Waals surface area contributed by atoms with E-state index in [1.807, 2.05) is 6.92 Å². The van der Waals surface area contributed by atoms with Crippen LogP contribution >= 0.6 is 0 Å². The van der Waals surface area contributed by atoms with Gasteiger partial charge in [-0.3, -0.25) is 4.79 Å². The van der Waals surface area contributed by atoms with Crippen LogP contribution in [0.25, 0.3) is 0 Å². The Kier molecular flexibility index (Phi) is 1.88. The minimum absolute atomic E-state index is 0.0474. The highest BCUT2D eigenvalue weighted by molar-refractivity contribution is 6.07. The summed E-state index contributed by atoms with van der Waals surface area (Å²) in [7, 11) is 0. The number of ketones is 1. The lowest BCUT2D eigenvalue weighted by atomic mass is 9.70. The first-order chi connectivity index (χ1) is 6.80. The third-order valence-corrected chi connectivity index (χ3v) is 4.64. The number of fused-ring (bicyclic) bond motifs is 2. The lowest BCUT2D eigenvalue weighted by molar-refractivity contribution is -0.132. The van der Waals surface area contributed by atoms with Crippen LogP contribution in [0.15, 0.2) is 11.6 Å². The van der Waals surface area contributed by atoms with Crippen LogP contribution in [0.5, 0.6) is 0 Å². The van der Waals surface area contributed by atoms with Crippen molar-refractivity contribution >= 4 is 11.8 Å². The Hall–Kier alpha value is -1.12. The van der Waals surface area contributed by atoms with Crippen LogP contribution in [0, 0.1) is 16.7 Å². The number of hydrogen-bond acceptors (Lipinski definition) is 2. The molecule has 3 nitrogen and oxygen atoms in total. The number of hydrogen-bond donors (Lipinski definition) is 1. The van der Waals surface area contributed by atoms with Gasteiger partial charge < -0.3 is 5.11 Å². The zero-order chi connectivity index (χ0) is 11.4. The fourth-order valence-electron chi connectivity index (χ4n) is 3.23. The van der Waals surface area contributed by atoms with Crippen LogP contribution in [0.3, 0.4) is 0 Å². The molecule has 0 amide bonds. The first-order valence-corrected chi connectivity index (χ1v) is 5.30. The zero-order valence-electron chi connectivity index (χ0n) is 9.33. The van der Waals surface area contributed by atoms with Crippen LogP contribution in [0.2, 0.25) is 0 Å². The Morgan fingerprint density at radius 1 is 1.47 bits per heavy atom. The van der Waals surface area contributed by atoms with E-state index in [9.17, 15) is 9.59 Å². The van der Waals surface area contributed by atoms with Gasteiger partial charge in [0.1, 0.15) is 0 Å². The van der Waals surface area contributed by atoms with Gasteiger partial charge in [0.15, 0.2) is 5.78 Å². The van der Waals surface area contributed by atoms with Crippen molar-refractivity contribution in [3.63, 3.8) is 0 Å². The first-order valence-electron chi connectivity index (χ1n) is 5.30. The fraction of sp³-hybridized carbons (Fsp3) is 0.667. The molecule has 15 heavy (non-hydrogen) atoms. The van der Waals surface area contributed by atoms with Crippen LogP contribution < -0.4 is 0 Å². The molecule has 2 aliphatic carbocycles. The molecule has 0 heterocycles. The number of allylic oxidation sites excluding steroid dienone is 1. The smallest absolute Gasteiger partial charge is 0.328 e. The summed E-state index contributed by atoms with van der Waals surface area (Å²) in [6, 6.07) is 0. The van der Waals surface area contributed by atoms with Crippen molar-refractivity contribution in [3.8, 4) is 0 Å². The first kappa shape index (κ1) is 10.4. The molecule has 2 atom stereocenters. The largest absolute Gasteiger partial charge is 0.478 e. The van der Waals surface area contributed by atoms with Gasteiger partial charge in [-0.1, -0.05) is 20.8 Å². The summed E-state index contributed by atoms with van der Waals surface area (Å²) in [5, 5.41) is 8.75. The van der Waals surface area contributed by atoms with E-state index in [1.165, 1.54) is 0 Å². The van der Waals surface area contributed by atoms with E-state index in [0.717, 1.165) is 18.9 Å². The van der Waals surface area contributed by atoms with Crippen molar-refractivity contribution in [2.75, 3.05) is 0 Å². The summed E-state index contributed by atoms with van der Waals surface area (Å²) in [4.78, 5) is 22.8. The molecule has 0 aromatic rings. The normalized spacial score (nSPS) is 40.1. The molecule has 0 aliphatic heterocycles. The molecule has 0 aromatic heterocycles. The van der Waals surface area contributed by atoms with Gasteiger partial charge in [-0.15, -0.1) is 0 Å². The highest BCUT2D eigenvalue weighted by atomic mass is 16.4. The van der Waals surface area contributed by atoms with Crippen LogP contribution in [0.1, 0.15) is 33.6 Å². The molecule has 0 unspecified atom stereocenters. The maximum absolute atomic E-state index is 12.1. The van der Waals surface area contributed by atoms with Crippen molar-refractivity contribution in [1.29, 1.82) is 0 Å². The lowest BCUT2D eigenvalue weighted by Crippen LogP contribution is -2.32. The van der Waals surface area contributed by atoms with E-state index in [4.69, 9.17) is 5.11 Å². The van der Waals surface area contributed by atoms with Crippen molar-refractivity contribution in [2.45, 2.75) is 33.6 Å². The molecule has 2 bridgehead atoms. The molecule has 2 rings (SSSR count). The standard InChI is InChI=1S/C12H16O3/c1-11(2)8-4-5-12(11,3)10(15)7(8)6-9(13)14/h6,8H,4-5H2,1-3H3,(H,13,14)/b7-6+/t8-,12+/m1/s1. The number of carbonyl (C=O) groups excluding carboxylic acids is 1. The van der Waals surface area contributed by atoms with E-state index in [2.05, 4.69) is 13.8 Å². The maximum atomic E-state index is 12.1. The minimum Gasteiger partial charge on any atom is -0.478 e. The fourth-order valence-corrected chi connectivity index (χ4v) is 3.23. The highest BCUT2D eigenvalue weighted by Crippen LogP contribution is 2.65. The van der Waals surface area contributed by atoms with E-state index in [1.54, 1.807) is 0 Å². The summed E-state index contributed by atoms with van der Waals surface area (Å²) < 4.78 is 0. The molecular formula is C12H16O3. The summed E-state index contributed by atoms with van der Waals surface area (Å²) in [5.74, 6) is -0.831. The van der Waals surface area contributed by atoms with Gasteiger partial charge in [-0.25, -0.2) is 4.79 Å². The zero-order valence-corrected chi connectivity index (χ0v) is 9.33. The average molecular weight is 208 g/mol. The molecule has 0 saturated heterocycles. The second kappa shape index (κ2) is 2.71. The van der Waals surface area contributed by atoms with E-state index < -0.39 is 5.97 Å². The van der Waals surface area contributed by atoms with Crippen LogP contribution in [0.4, 0.5) is 0 Å². The molecule has 0 spiro atoms. The van der Waals surface area contributed by atoms with Crippen molar-refractivity contribution in [3.05, 3.63) is 11.6 Å². The summed E-state index contributed by atoms with van der Waals surface area (Å²) in [6.07, 6.45) is 2.94. The molecule has 2 saturated carbocycles. The molecule has 82 valence electrons. The highest BCUT2D eigenvalue weighted by Gasteiger charge is 2.64. The second-order valence-electron chi connectivity index (χ2n) is 5.41. The summed E-state index contributed by atoms with van der Waals surface area (Å²) in [6.45, 7) is 6.12. The summed E-state index contributed by atoms with van der Waals surface area (Å²) in [5.41, 5.74) is 0.0888. The van der Waals surface area contributed by atoms with Gasteiger partial charge in [0.05, 0.1) is 0 Å². The molecule has 0 aromatic carbocycles. The average Bonchev–Trinajstić information content (AvgIpc) is 2.40.